The second-order valence-electron chi connectivity index (χ2n) is 1.82. The van der Waals surface area contributed by atoms with Gasteiger partial charge in [0.15, 0.2) is 0 Å². The summed E-state index contributed by atoms with van der Waals surface area (Å²) in [7, 11) is 0. The summed E-state index contributed by atoms with van der Waals surface area (Å²) in [5.74, 6) is 0.844. The van der Waals surface area contributed by atoms with Crippen LogP contribution in [0.25, 0.3) is 0 Å². The van der Waals surface area contributed by atoms with Gasteiger partial charge in [0.05, 0.1) is 6.26 Å². The van der Waals surface area contributed by atoms with Gasteiger partial charge in [-0.1, -0.05) is 18.2 Å². The first-order valence-corrected chi connectivity index (χ1v) is 3.17. The van der Waals surface area contributed by atoms with Crippen molar-refractivity contribution >= 4 is 0 Å². The average molecular weight is 133 g/mol. The van der Waals surface area contributed by atoms with Crippen molar-refractivity contribution < 1.29 is 4.74 Å². The van der Waals surface area contributed by atoms with Crippen molar-refractivity contribution in [2.45, 2.75) is 6.92 Å². The van der Waals surface area contributed by atoms with Gasteiger partial charge in [-0.3, -0.25) is 0 Å². The van der Waals surface area contributed by atoms with E-state index >= 15 is 0 Å². The summed E-state index contributed by atoms with van der Waals surface area (Å²) in [4.78, 5) is 0. The molecule has 0 saturated heterocycles. The molecule has 0 aliphatic rings. The lowest BCUT2D eigenvalue weighted by atomic mass is 10.3. The zero-order valence-corrected chi connectivity index (χ0v) is 5.87. The van der Waals surface area contributed by atoms with E-state index in [1.807, 2.05) is 37.3 Å². The van der Waals surface area contributed by atoms with E-state index < -0.39 is 0 Å². The number of allylic oxidation sites excluding steroid dienone is 1. The zero-order chi connectivity index (χ0) is 7.23. The van der Waals surface area contributed by atoms with E-state index in [4.69, 9.17) is 4.74 Å². The van der Waals surface area contributed by atoms with E-state index in [1.165, 1.54) is 0 Å². The fourth-order valence-corrected chi connectivity index (χ4v) is 0.597. The molecule has 0 amide bonds. The van der Waals surface area contributed by atoms with Crippen LogP contribution in [0.4, 0.5) is 0 Å². The third kappa shape index (κ3) is 1.94. The normalized spacial score (nSPS) is 10.1. The molecular weight excluding hydrogens is 124 g/mol. The van der Waals surface area contributed by atoms with Gasteiger partial charge in [-0.25, -0.2) is 0 Å². The highest BCUT2D eigenvalue weighted by molar-refractivity contribution is 5.21. The summed E-state index contributed by atoms with van der Waals surface area (Å²) in [6, 6.07) is 10.3. The van der Waals surface area contributed by atoms with Gasteiger partial charge in [0.25, 0.3) is 0 Å². The molecule has 0 atom stereocenters. The van der Waals surface area contributed by atoms with Gasteiger partial charge < -0.3 is 4.74 Å². The number of ether oxygens (including phenoxy) is 1. The van der Waals surface area contributed by atoms with Crippen LogP contribution < -0.4 is 4.74 Å². The molecule has 0 aliphatic heterocycles. The van der Waals surface area contributed by atoms with Gasteiger partial charge in [0, 0.05) is 0 Å². The Morgan fingerprint density at radius 3 is 2.70 bits per heavy atom. The summed E-state index contributed by atoms with van der Waals surface area (Å²) in [6.45, 7) is 1.91. The lowest BCUT2D eigenvalue weighted by Gasteiger charge is -1.95. The molecule has 0 N–H and O–H groups in total. The standard InChI is InChI=1S/C9H9O/c1-2-8-10-9-6-4-3-5-7-9/h2,4-8H,1H3. The highest BCUT2D eigenvalue weighted by atomic mass is 16.5. The molecule has 0 aliphatic carbocycles. The smallest absolute Gasteiger partial charge is 0.126 e. The van der Waals surface area contributed by atoms with Gasteiger partial charge >= 0.3 is 0 Å². The molecule has 1 nitrogen and oxygen atoms in total. The van der Waals surface area contributed by atoms with Crippen LogP contribution in [0.15, 0.2) is 36.6 Å². The summed E-state index contributed by atoms with van der Waals surface area (Å²) in [5, 5.41) is 0. The molecular formula is C9H9O. The van der Waals surface area contributed by atoms with Gasteiger partial charge in [0.2, 0.25) is 0 Å². The van der Waals surface area contributed by atoms with E-state index in [1.54, 1.807) is 6.26 Å². The quantitative estimate of drug-likeness (QED) is 0.563. The third-order valence-corrected chi connectivity index (χ3v) is 1.03. The van der Waals surface area contributed by atoms with Gasteiger partial charge in [-0.05, 0) is 25.1 Å². The second kappa shape index (κ2) is 3.72. The van der Waals surface area contributed by atoms with Crippen molar-refractivity contribution in [3.8, 4) is 5.75 Å². The Morgan fingerprint density at radius 2 is 2.10 bits per heavy atom. The van der Waals surface area contributed by atoms with Crippen molar-refractivity contribution in [2.75, 3.05) is 0 Å². The Labute approximate surface area is 61.0 Å². The Balaban J connectivity index is 2.59. The zero-order valence-electron chi connectivity index (χ0n) is 5.87. The maximum absolute atomic E-state index is 5.15. The largest absolute Gasteiger partial charge is 0.465 e. The van der Waals surface area contributed by atoms with E-state index in [0.29, 0.717) is 0 Å². The molecule has 1 radical (unpaired) electrons. The van der Waals surface area contributed by atoms with Crippen LogP contribution in [0.2, 0.25) is 0 Å². The minimum Gasteiger partial charge on any atom is -0.465 e. The van der Waals surface area contributed by atoms with Crippen LogP contribution in [0.3, 0.4) is 0 Å². The fraction of sp³-hybridized carbons (Fsp3) is 0.111. The van der Waals surface area contributed by atoms with Crippen LogP contribution in [0, 0.1) is 6.07 Å². The van der Waals surface area contributed by atoms with Crippen molar-refractivity contribution in [1.82, 2.24) is 0 Å². The molecule has 0 heterocycles. The molecule has 0 unspecified atom stereocenters. The number of hydrogen-bond acceptors (Lipinski definition) is 1. The maximum Gasteiger partial charge on any atom is 0.126 e. The van der Waals surface area contributed by atoms with E-state index in [2.05, 4.69) is 6.07 Å². The SMILES string of the molecule is CC=COc1cc[c]cc1. The fourth-order valence-electron chi connectivity index (χ4n) is 0.597. The summed E-state index contributed by atoms with van der Waals surface area (Å²) >= 11 is 0. The van der Waals surface area contributed by atoms with Crippen LogP contribution in [-0.2, 0) is 0 Å². The highest BCUT2D eigenvalue weighted by Gasteiger charge is 1.83. The van der Waals surface area contributed by atoms with E-state index in [9.17, 15) is 0 Å². The van der Waals surface area contributed by atoms with Crippen molar-refractivity contribution in [3.63, 3.8) is 0 Å². The maximum atomic E-state index is 5.15. The molecule has 0 spiro atoms. The monoisotopic (exact) mass is 133 g/mol. The first-order valence-electron chi connectivity index (χ1n) is 3.17. The van der Waals surface area contributed by atoms with Gasteiger partial charge in [0.1, 0.15) is 5.75 Å². The predicted octanol–water partition coefficient (Wildman–Crippen LogP) is 2.40. The molecule has 1 aromatic carbocycles. The molecule has 1 rings (SSSR count). The van der Waals surface area contributed by atoms with Crippen LogP contribution in [-0.4, -0.2) is 0 Å². The first-order chi connectivity index (χ1) is 4.93. The van der Waals surface area contributed by atoms with Crippen molar-refractivity contribution in [1.29, 1.82) is 0 Å². The summed E-state index contributed by atoms with van der Waals surface area (Å²) in [5.41, 5.74) is 0. The van der Waals surface area contributed by atoms with Gasteiger partial charge in [-0.2, -0.15) is 0 Å². The summed E-state index contributed by atoms with van der Waals surface area (Å²) < 4.78 is 5.15. The molecule has 51 valence electrons. The molecule has 1 aromatic rings. The molecule has 0 aromatic heterocycles. The highest BCUT2D eigenvalue weighted by Crippen LogP contribution is 2.07. The molecule has 1 heteroatoms. The minimum absolute atomic E-state index is 0.844. The molecule has 0 bridgehead atoms. The van der Waals surface area contributed by atoms with Crippen LogP contribution in [0.5, 0.6) is 5.75 Å². The second-order valence-corrected chi connectivity index (χ2v) is 1.82. The lowest BCUT2D eigenvalue weighted by molar-refractivity contribution is 0.480. The van der Waals surface area contributed by atoms with E-state index in [0.717, 1.165) is 5.75 Å². The Morgan fingerprint density at radius 1 is 1.40 bits per heavy atom. The Hall–Kier alpha value is -1.24. The Bertz CT molecular complexity index is 201. The Kier molecular flexibility index (Phi) is 2.56. The summed E-state index contributed by atoms with van der Waals surface area (Å²) in [6.07, 6.45) is 3.49. The topological polar surface area (TPSA) is 9.23 Å². The number of benzene rings is 1. The van der Waals surface area contributed by atoms with E-state index in [-0.39, 0.29) is 0 Å². The van der Waals surface area contributed by atoms with Crippen LogP contribution in [0.1, 0.15) is 6.92 Å². The van der Waals surface area contributed by atoms with Crippen molar-refractivity contribution in [2.24, 2.45) is 0 Å². The first kappa shape index (κ1) is 6.87. The minimum atomic E-state index is 0.844. The molecule has 0 fully saturated rings. The molecule has 0 saturated carbocycles. The average Bonchev–Trinajstić information content (AvgIpc) is 2.03. The molecule has 10 heavy (non-hydrogen) atoms. The predicted molar refractivity (Wildman–Crippen MR) is 40.7 cm³/mol. The van der Waals surface area contributed by atoms with Crippen LogP contribution >= 0.6 is 0 Å². The number of hydrogen-bond donors (Lipinski definition) is 0. The lowest BCUT2D eigenvalue weighted by Crippen LogP contribution is -1.78. The van der Waals surface area contributed by atoms with Gasteiger partial charge in [-0.15, -0.1) is 0 Å². The number of rotatable bonds is 2. The van der Waals surface area contributed by atoms with Crippen molar-refractivity contribution in [3.05, 3.63) is 42.7 Å². The third-order valence-electron chi connectivity index (χ3n) is 1.03.